The Morgan fingerprint density at radius 3 is 2.62 bits per heavy atom. The van der Waals surface area contributed by atoms with Crippen LogP contribution in [0.5, 0.6) is 5.75 Å². The van der Waals surface area contributed by atoms with Crippen molar-refractivity contribution in [1.82, 2.24) is 25.5 Å². The highest BCUT2D eigenvalue weighted by Gasteiger charge is 2.13. The summed E-state index contributed by atoms with van der Waals surface area (Å²) in [6.45, 7) is 4.08. The van der Waals surface area contributed by atoms with Crippen molar-refractivity contribution in [3.05, 3.63) is 72.4 Å². The number of H-pyrrole nitrogens is 1. The first-order chi connectivity index (χ1) is 18.1. The van der Waals surface area contributed by atoms with Gasteiger partial charge in [-0.3, -0.25) is 9.89 Å². The number of thiophene rings is 1. The second kappa shape index (κ2) is 11.2. The Kier molecular flexibility index (Phi) is 7.41. The number of carbonyl (C=O) groups excluding carboxylic acids is 1. The number of amides is 1. The Hall–Kier alpha value is -4.24. The quantitative estimate of drug-likeness (QED) is 0.207. The van der Waals surface area contributed by atoms with Crippen LogP contribution in [0.4, 0.5) is 11.5 Å². The van der Waals surface area contributed by atoms with Gasteiger partial charge in [0, 0.05) is 29.1 Å². The monoisotopic (exact) mass is 512 g/mol. The highest BCUT2D eigenvalue weighted by Crippen LogP contribution is 2.32. The van der Waals surface area contributed by atoms with E-state index in [4.69, 9.17) is 14.7 Å². The Labute approximate surface area is 219 Å². The first-order valence-corrected chi connectivity index (χ1v) is 13.1. The van der Waals surface area contributed by atoms with E-state index in [0.29, 0.717) is 11.6 Å². The van der Waals surface area contributed by atoms with Gasteiger partial charge in [-0.15, -0.1) is 11.3 Å². The Balaban J connectivity index is 1.35. The maximum atomic E-state index is 12.2. The van der Waals surface area contributed by atoms with Crippen molar-refractivity contribution >= 4 is 39.0 Å². The Morgan fingerprint density at radius 2 is 1.86 bits per heavy atom. The van der Waals surface area contributed by atoms with Gasteiger partial charge < -0.3 is 15.4 Å². The van der Waals surface area contributed by atoms with Gasteiger partial charge in [0.2, 0.25) is 0 Å². The molecule has 3 N–H and O–H groups in total. The molecule has 0 saturated carbocycles. The molecule has 0 aliphatic carbocycles. The number of nitrogens with zero attached hydrogens (tertiary/aromatic N) is 3. The highest BCUT2D eigenvalue weighted by molar-refractivity contribution is 7.17. The molecule has 0 fully saturated rings. The van der Waals surface area contributed by atoms with Crippen molar-refractivity contribution in [3.8, 4) is 28.3 Å². The molecule has 3 heterocycles. The normalized spacial score (nSPS) is 11.1. The molecular weight excluding hydrogens is 484 g/mol. The third-order valence-electron chi connectivity index (χ3n) is 6.10. The van der Waals surface area contributed by atoms with Crippen LogP contribution in [-0.2, 0) is 4.79 Å². The van der Waals surface area contributed by atoms with Crippen LogP contribution in [0.2, 0.25) is 0 Å². The summed E-state index contributed by atoms with van der Waals surface area (Å²) in [6, 6.07) is 17.8. The van der Waals surface area contributed by atoms with Crippen molar-refractivity contribution in [3.63, 3.8) is 0 Å². The molecule has 5 rings (SSSR count). The Bertz CT molecular complexity index is 1480. The minimum absolute atomic E-state index is 0.0357. The predicted octanol–water partition coefficient (Wildman–Crippen LogP) is 6.18. The molecule has 0 saturated heterocycles. The average Bonchev–Trinajstić information content (AvgIpc) is 3.64. The van der Waals surface area contributed by atoms with Gasteiger partial charge in [-0.05, 0) is 54.1 Å². The smallest absolute Gasteiger partial charge is 0.258 e. The molecule has 2 aromatic carbocycles. The largest absolute Gasteiger partial charge is 0.484 e. The van der Waals surface area contributed by atoms with E-state index in [0.717, 1.165) is 51.3 Å². The number of rotatable bonds is 10. The van der Waals surface area contributed by atoms with Gasteiger partial charge in [0.1, 0.15) is 5.75 Å². The third kappa shape index (κ3) is 5.78. The number of ether oxygens (including phenoxy) is 1. The number of hydrogen-bond donors (Lipinski definition) is 3. The molecule has 0 atom stereocenters. The molecule has 0 spiro atoms. The zero-order chi connectivity index (χ0) is 25.6. The van der Waals surface area contributed by atoms with Gasteiger partial charge in [-0.25, -0.2) is 9.97 Å². The third-order valence-corrected chi connectivity index (χ3v) is 7.01. The topological polar surface area (TPSA) is 105 Å². The van der Waals surface area contributed by atoms with Crippen LogP contribution in [0, 0.1) is 0 Å². The summed E-state index contributed by atoms with van der Waals surface area (Å²) in [4.78, 5) is 21.9. The van der Waals surface area contributed by atoms with Crippen LogP contribution in [-0.4, -0.2) is 38.7 Å². The van der Waals surface area contributed by atoms with Gasteiger partial charge in [0.05, 0.1) is 16.4 Å². The number of aromatic amines is 1. The summed E-state index contributed by atoms with van der Waals surface area (Å²) >= 11 is 1.59. The Morgan fingerprint density at radius 1 is 1.03 bits per heavy atom. The van der Waals surface area contributed by atoms with Gasteiger partial charge in [-0.2, -0.15) is 5.10 Å². The number of hydrogen-bond acceptors (Lipinski definition) is 7. The summed E-state index contributed by atoms with van der Waals surface area (Å²) < 4.78 is 6.75. The van der Waals surface area contributed by atoms with E-state index < -0.39 is 0 Å². The zero-order valence-corrected chi connectivity index (χ0v) is 21.5. The molecule has 0 radical (unpaired) electrons. The fraction of sp³-hybridized carbons (Fsp3) is 0.214. The van der Waals surface area contributed by atoms with Crippen LogP contribution >= 0.6 is 11.3 Å². The van der Waals surface area contributed by atoms with Crippen LogP contribution in [0.25, 0.3) is 32.7 Å². The molecule has 0 unspecified atom stereocenters. The van der Waals surface area contributed by atoms with E-state index in [1.54, 1.807) is 17.5 Å². The fourth-order valence-electron chi connectivity index (χ4n) is 4.00. The summed E-state index contributed by atoms with van der Waals surface area (Å²) in [6.07, 6.45) is 5.45. The second-order valence-electron chi connectivity index (χ2n) is 8.62. The molecule has 37 heavy (non-hydrogen) atoms. The van der Waals surface area contributed by atoms with Crippen LogP contribution in [0.15, 0.2) is 72.4 Å². The standard InChI is InChI=1S/C28H28N6O2S/c1-3-21(4-2)31-25(35)17-36-23-7-5-6-19(14-23)27-33-24-12-13-37-26(24)28(34-27)32-22-10-8-18(9-11-22)20-15-29-30-16-20/h5-16,21H,3-4,17H2,1-2H3,(H,29,30)(H,31,35)(H,32,33,34). The van der Waals surface area contributed by atoms with E-state index in [1.807, 2.05) is 66.2 Å². The van der Waals surface area contributed by atoms with E-state index in [2.05, 4.69) is 34.7 Å². The number of nitrogens with one attached hydrogen (secondary N) is 3. The van der Waals surface area contributed by atoms with Crippen molar-refractivity contribution in [1.29, 1.82) is 0 Å². The van der Waals surface area contributed by atoms with E-state index >= 15 is 0 Å². The van der Waals surface area contributed by atoms with Crippen molar-refractivity contribution in [2.45, 2.75) is 32.7 Å². The molecule has 9 heteroatoms. The number of aromatic nitrogens is 4. The van der Waals surface area contributed by atoms with Crippen molar-refractivity contribution in [2.24, 2.45) is 0 Å². The lowest BCUT2D eigenvalue weighted by Crippen LogP contribution is -2.37. The maximum Gasteiger partial charge on any atom is 0.258 e. The summed E-state index contributed by atoms with van der Waals surface area (Å²) in [5.74, 6) is 1.79. The molecule has 1 amide bonds. The number of fused-ring (bicyclic) bond motifs is 1. The lowest BCUT2D eigenvalue weighted by Gasteiger charge is -2.15. The van der Waals surface area contributed by atoms with Gasteiger partial charge in [0.15, 0.2) is 18.2 Å². The first-order valence-electron chi connectivity index (χ1n) is 12.3. The van der Waals surface area contributed by atoms with Gasteiger partial charge >= 0.3 is 0 Å². The number of anilines is 2. The fourth-order valence-corrected chi connectivity index (χ4v) is 4.78. The average molecular weight is 513 g/mol. The molecule has 5 aromatic rings. The first kappa shape index (κ1) is 24.5. The predicted molar refractivity (Wildman–Crippen MR) is 148 cm³/mol. The summed E-state index contributed by atoms with van der Waals surface area (Å²) in [5, 5.41) is 15.3. The van der Waals surface area contributed by atoms with Crippen LogP contribution in [0.3, 0.4) is 0 Å². The lowest BCUT2D eigenvalue weighted by molar-refractivity contribution is -0.123. The lowest BCUT2D eigenvalue weighted by atomic mass is 10.1. The van der Waals surface area contributed by atoms with Gasteiger partial charge in [-0.1, -0.05) is 38.1 Å². The van der Waals surface area contributed by atoms with E-state index in [-0.39, 0.29) is 18.6 Å². The number of benzene rings is 2. The molecule has 0 aliphatic rings. The molecular formula is C28H28N6O2S. The minimum atomic E-state index is -0.125. The minimum Gasteiger partial charge on any atom is -0.484 e. The molecule has 3 aromatic heterocycles. The SMILES string of the molecule is CCC(CC)NC(=O)COc1cccc(-c2nc(Nc3ccc(-c4cn[nH]c4)cc3)c3sccc3n2)c1. The van der Waals surface area contributed by atoms with Crippen LogP contribution < -0.4 is 15.4 Å². The molecule has 8 nitrogen and oxygen atoms in total. The maximum absolute atomic E-state index is 12.2. The van der Waals surface area contributed by atoms with Crippen molar-refractivity contribution in [2.75, 3.05) is 11.9 Å². The molecule has 0 aliphatic heterocycles. The summed E-state index contributed by atoms with van der Waals surface area (Å²) in [5.41, 5.74) is 4.71. The zero-order valence-electron chi connectivity index (χ0n) is 20.7. The highest BCUT2D eigenvalue weighted by atomic mass is 32.1. The summed E-state index contributed by atoms with van der Waals surface area (Å²) in [7, 11) is 0. The van der Waals surface area contributed by atoms with Crippen molar-refractivity contribution < 1.29 is 9.53 Å². The van der Waals surface area contributed by atoms with Gasteiger partial charge in [0.25, 0.3) is 5.91 Å². The van der Waals surface area contributed by atoms with E-state index in [1.165, 1.54) is 0 Å². The van der Waals surface area contributed by atoms with Crippen LogP contribution in [0.1, 0.15) is 26.7 Å². The molecule has 188 valence electrons. The second-order valence-corrected chi connectivity index (χ2v) is 9.53. The van der Waals surface area contributed by atoms with E-state index in [9.17, 15) is 4.79 Å². The number of carbonyl (C=O) groups is 1. The molecule has 0 bridgehead atoms.